The normalized spacial score (nSPS) is 26.4. The van der Waals surface area contributed by atoms with Crippen LogP contribution in [0, 0.1) is 11.3 Å². The Labute approximate surface area is 196 Å². The van der Waals surface area contributed by atoms with E-state index < -0.39 is 45.6 Å². The highest BCUT2D eigenvalue weighted by Gasteiger charge is 2.45. The molecular formula is C23H35N3O6S. The van der Waals surface area contributed by atoms with Crippen LogP contribution in [-0.2, 0) is 14.8 Å². The molecule has 1 aliphatic heterocycles. The van der Waals surface area contributed by atoms with Gasteiger partial charge in [-0.1, -0.05) is 32.9 Å². The van der Waals surface area contributed by atoms with Crippen LogP contribution >= 0.6 is 0 Å². The molecule has 1 aliphatic rings. The summed E-state index contributed by atoms with van der Waals surface area (Å²) in [6.45, 7) is 9.24. The lowest BCUT2D eigenvalue weighted by molar-refractivity contribution is -0.244. The van der Waals surface area contributed by atoms with Crippen molar-refractivity contribution < 1.29 is 28.5 Å². The topological polar surface area (TPSA) is 143 Å². The first-order valence-electron chi connectivity index (χ1n) is 11.3. The SMILES string of the molecule is CCCN(CCC)c1ccc(/C(C)=C(\C#N)S(=O)(=O)N[C@H]2C(O)O[C@H](CC)[C@@H](O)[C@@H]2O)cc1. The van der Waals surface area contributed by atoms with Crippen molar-refractivity contribution in [3.05, 3.63) is 34.7 Å². The van der Waals surface area contributed by atoms with Crippen molar-refractivity contribution in [1.29, 1.82) is 5.26 Å². The summed E-state index contributed by atoms with van der Waals surface area (Å²) in [7, 11) is -4.43. The molecule has 0 radical (unpaired) electrons. The molecule has 0 aromatic heterocycles. The molecule has 1 unspecified atom stereocenters. The third-order valence-electron chi connectivity index (χ3n) is 5.78. The summed E-state index contributed by atoms with van der Waals surface area (Å²) in [6.07, 6.45) is -3.17. The summed E-state index contributed by atoms with van der Waals surface area (Å²) >= 11 is 0. The van der Waals surface area contributed by atoms with Crippen LogP contribution in [0.1, 0.15) is 52.5 Å². The summed E-state index contributed by atoms with van der Waals surface area (Å²) in [6, 6.07) is 7.51. The molecule has 2 rings (SSSR count). The maximum atomic E-state index is 13.0. The largest absolute Gasteiger partial charge is 0.388 e. The summed E-state index contributed by atoms with van der Waals surface area (Å²) in [5, 5.41) is 40.3. The van der Waals surface area contributed by atoms with Crippen molar-refractivity contribution in [2.45, 2.75) is 77.6 Å². The van der Waals surface area contributed by atoms with Gasteiger partial charge in [0.05, 0.1) is 6.10 Å². The number of hydrogen-bond donors (Lipinski definition) is 4. The molecule has 0 amide bonds. The summed E-state index contributed by atoms with van der Waals surface area (Å²) in [5.41, 5.74) is 1.79. The van der Waals surface area contributed by atoms with Gasteiger partial charge in [0.1, 0.15) is 24.3 Å². The predicted octanol–water partition coefficient (Wildman–Crippen LogP) is 1.70. The molecule has 1 aromatic carbocycles. The minimum atomic E-state index is -4.43. The molecule has 9 nitrogen and oxygen atoms in total. The molecule has 1 fully saturated rings. The van der Waals surface area contributed by atoms with E-state index in [4.69, 9.17) is 4.74 Å². The predicted molar refractivity (Wildman–Crippen MR) is 126 cm³/mol. The van der Waals surface area contributed by atoms with Crippen LogP contribution in [0.25, 0.3) is 5.57 Å². The minimum Gasteiger partial charge on any atom is -0.388 e. The Morgan fingerprint density at radius 1 is 1.09 bits per heavy atom. The van der Waals surface area contributed by atoms with E-state index in [1.807, 2.05) is 12.1 Å². The number of aliphatic hydroxyl groups excluding tert-OH is 3. The Balaban J connectivity index is 2.31. The second-order valence-electron chi connectivity index (χ2n) is 8.20. The van der Waals surface area contributed by atoms with Gasteiger partial charge in [-0.25, -0.2) is 8.42 Å². The van der Waals surface area contributed by atoms with Crippen molar-refractivity contribution in [2.75, 3.05) is 18.0 Å². The molecule has 10 heteroatoms. The van der Waals surface area contributed by atoms with E-state index in [9.17, 15) is 29.0 Å². The number of benzene rings is 1. The first-order valence-corrected chi connectivity index (χ1v) is 12.8. The summed E-state index contributed by atoms with van der Waals surface area (Å²) in [4.78, 5) is 1.70. The summed E-state index contributed by atoms with van der Waals surface area (Å²) in [5.74, 6) is 0. The highest BCUT2D eigenvalue weighted by atomic mass is 32.2. The lowest BCUT2D eigenvalue weighted by Crippen LogP contribution is -2.63. The van der Waals surface area contributed by atoms with Crippen LogP contribution in [0.2, 0.25) is 0 Å². The third kappa shape index (κ3) is 6.32. The molecule has 0 spiro atoms. The number of nitriles is 1. The number of aliphatic hydroxyl groups is 3. The van der Waals surface area contributed by atoms with Crippen LogP contribution in [-0.4, -0.2) is 67.5 Å². The lowest BCUT2D eigenvalue weighted by atomic mass is 9.96. The van der Waals surface area contributed by atoms with Crippen LogP contribution < -0.4 is 9.62 Å². The van der Waals surface area contributed by atoms with Crippen LogP contribution in [0.4, 0.5) is 5.69 Å². The average molecular weight is 482 g/mol. The first kappa shape index (κ1) is 27.2. The van der Waals surface area contributed by atoms with E-state index in [1.165, 1.54) is 6.92 Å². The maximum absolute atomic E-state index is 13.0. The average Bonchev–Trinajstić information content (AvgIpc) is 2.79. The monoisotopic (exact) mass is 481 g/mol. The fourth-order valence-electron chi connectivity index (χ4n) is 3.96. The molecule has 33 heavy (non-hydrogen) atoms. The minimum absolute atomic E-state index is 0.224. The molecule has 1 heterocycles. The standard InChI is InChI=1S/C23H35N3O6S/c1-5-12-26(13-6-2)17-10-8-16(9-11-17)15(4)19(14-24)33(30,31)25-20-22(28)21(27)18(7-3)32-23(20)29/h8-11,18,20-23,25,27-29H,5-7,12-13H2,1-4H3/b19-15+/t18-,20-,21-,22-,23?/m1/s1. The van der Waals surface area contributed by atoms with Crippen molar-refractivity contribution in [2.24, 2.45) is 0 Å². The lowest BCUT2D eigenvalue weighted by Gasteiger charge is -2.40. The third-order valence-corrected chi connectivity index (χ3v) is 7.29. The van der Waals surface area contributed by atoms with E-state index in [-0.39, 0.29) is 5.57 Å². The van der Waals surface area contributed by atoms with Crippen molar-refractivity contribution in [3.8, 4) is 6.07 Å². The first-order chi connectivity index (χ1) is 15.6. The number of sulfonamides is 1. The number of ether oxygens (including phenoxy) is 1. The van der Waals surface area contributed by atoms with Gasteiger partial charge >= 0.3 is 0 Å². The van der Waals surface area contributed by atoms with Gasteiger partial charge in [-0.3, -0.25) is 0 Å². The molecule has 0 bridgehead atoms. The van der Waals surface area contributed by atoms with E-state index in [2.05, 4.69) is 23.5 Å². The van der Waals surface area contributed by atoms with Crippen LogP contribution in [0.3, 0.4) is 0 Å². The number of allylic oxidation sites excluding steroid dienone is 2. The highest BCUT2D eigenvalue weighted by Crippen LogP contribution is 2.27. The fourth-order valence-corrected chi connectivity index (χ4v) is 5.33. The molecule has 1 aromatic rings. The molecule has 0 saturated carbocycles. The fraction of sp³-hybridized carbons (Fsp3) is 0.609. The molecular weight excluding hydrogens is 446 g/mol. The molecule has 5 atom stereocenters. The van der Waals surface area contributed by atoms with Gasteiger partial charge in [-0.2, -0.15) is 9.98 Å². The number of nitrogens with zero attached hydrogens (tertiary/aromatic N) is 2. The van der Waals surface area contributed by atoms with Crippen molar-refractivity contribution in [3.63, 3.8) is 0 Å². The molecule has 1 saturated heterocycles. The number of nitrogens with one attached hydrogen (secondary N) is 1. The van der Waals surface area contributed by atoms with Gasteiger partial charge in [-0.05, 0) is 49.5 Å². The van der Waals surface area contributed by atoms with Crippen LogP contribution in [0.15, 0.2) is 29.2 Å². The Morgan fingerprint density at radius 3 is 2.15 bits per heavy atom. The van der Waals surface area contributed by atoms with E-state index >= 15 is 0 Å². The van der Waals surface area contributed by atoms with Crippen molar-refractivity contribution in [1.82, 2.24) is 4.72 Å². The van der Waals surface area contributed by atoms with E-state index in [0.29, 0.717) is 12.0 Å². The second kappa shape index (κ2) is 11.9. The smallest absolute Gasteiger partial charge is 0.251 e. The van der Waals surface area contributed by atoms with Gasteiger partial charge in [0, 0.05) is 18.8 Å². The van der Waals surface area contributed by atoms with Gasteiger partial charge in [-0.15, -0.1) is 0 Å². The Hall–Kier alpha value is -2.00. The molecule has 184 valence electrons. The van der Waals surface area contributed by atoms with Gasteiger partial charge < -0.3 is 25.0 Å². The van der Waals surface area contributed by atoms with Gasteiger partial charge in [0.2, 0.25) is 0 Å². The molecule has 4 N–H and O–H groups in total. The maximum Gasteiger partial charge on any atom is 0.251 e. The number of rotatable bonds is 10. The van der Waals surface area contributed by atoms with Gasteiger partial charge in [0.15, 0.2) is 11.2 Å². The van der Waals surface area contributed by atoms with E-state index in [0.717, 1.165) is 31.6 Å². The van der Waals surface area contributed by atoms with Crippen molar-refractivity contribution >= 4 is 21.3 Å². The zero-order valence-electron chi connectivity index (χ0n) is 19.6. The second-order valence-corrected chi connectivity index (χ2v) is 9.85. The number of hydrogen-bond acceptors (Lipinski definition) is 8. The van der Waals surface area contributed by atoms with E-state index in [1.54, 1.807) is 25.1 Å². The Bertz CT molecular complexity index is 951. The summed E-state index contributed by atoms with van der Waals surface area (Å²) < 4.78 is 33.3. The number of anilines is 1. The van der Waals surface area contributed by atoms with Gasteiger partial charge in [0.25, 0.3) is 10.0 Å². The molecule has 0 aliphatic carbocycles. The van der Waals surface area contributed by atoms with Crippen LogP contribution in [0.5, 0.6) is 0 Å². The zero-order valence-corrected chi connectivity index (χ0v) is 20.4. The zero-order chi connectivity index (χ0) is 24.8. The highest BCUT2D eigenvalue weighted by molar-refractivity contribution is 7.93. The Kier molecular flexibility index (Phi) is 9.84. The quantitative estimate of drug-likeness (QED) is 0.370. The Morgan fingerprint density at radius 2 is 1.67 bits per heavy atom.